The van der Waals surface area contributed by atoms with Crippen LogP contribution in [0.15, 0.2) is 17.0 Å². The standard InChI is InChI=1S/C12H18N2O5S/c1-4-10(7-15)13-20(18,19)11-5-8(2)9(3)12(6-11)14(16)17/h5-6,10,13,15H,4,7H2,1-3H3/t10-/m0/s1. The number of nitrogens with zero attached hydrogens (tertiary/aromatic N) is 1. The van der Waals surface area contributed by atoms with E-state index in [-0.39, 0.29) is 17.2 Å². The van der Waals surface area contributed by atoms with Gasteiger partial charge in [-0.05, 0) is 31.9 Å². The highest BCUT2D eigenvalue weighted by molar-refractivity contribution is 7.89. The fourth-order valence-electron chi connectivity index (χ4n) is 1.69. The lowest BCUT2D eigenvalue weighted by atomic mass is 10.1. The van der Waals surface area contributed by atoms with Gasteiger partial charge in [-0.25, -0.2) is 13.1 Å². The maximum atomic E-state index is 12.2. The van der Waals surface area contributed by atoms with Gasteiger partial charge < -0.3 is 5.11 Å². The predicted octanol–water partition coefficient (Wildman–Crippen LogP) is 1.26. The average Bonchev–Trinajstić information content (AvgIpc) is 2.38. The summed E-state index contributed by atoms with van der Waals surface area (Å²) >= 11 is 0. The Morgan fingerprint density at radius 1 is 1.40 bits per heavy atom. The van der Waals surface area contributed by atoms with E-state index in [2.05, 4.69) is 4.72 Å². The molecule has 1 atom stereocenters. The van der Waals surface area contributed by atoms with Crippen molar-refractivity contribution >= 4 is 15.7 Å². The van der Waals surface area contributed by atoms with Crippen molar-refractivity contribution in [3.8, 4) is 0 Å². The zero-order chi connectivity index (χ0) is 15.5. The van der Waals surface area contributed by atoms with Crippen molar-refractivity contribution in [1.82, 2.24) is 4.72 Å². The summed E-state index contributed by atoms with van der Waals surface area (Å²) in [4.78, 5) is 10.2. The molecule has 20 heavy (non-hydrogen) atoms. The number of hydrogen-bond acceptors (Lipinski definition) is 5. The number of nitro benzene ring substituents is 1. The Balaban J connectivity index is 3.29. The van der Waals surface area contributed by atoms with E-state index in [0.717, 1.165) is 6.07 Å². The molecule has 8 heteroatoms. The van der Waals surface area contributed by atoms with Gasteiger partial charge in [0.25, 0.3) is 5.69 Å². The molecule has 0 aromatic heterocycles. The molecule has 1 aromatic rings. The molecule has 112 valence electrons. The van der Waals surface area contributed by atoms with Crippen molar-refractivity contribution in [2.45, 2.75) is 38.1 Å². The van der Waals surface area contributed by atoms with Gasteiger partial charge >= 0.3 is 0 Å². The normalized spacial score (nSPS) is 13.2. The van der Waals surface area contributed by atoms with Crippen molar-refractivity contribution in [2.75, 3.05) is 6.61 Å². The molecular formula is C12H18N2O5S. The first-order valence-corrected chi connectivity index (χ1v) is 7.60. The molecule has 0 aliphatic rings. The first-order chi connectivity index (χ1) is 9.22. The van der Waals surface area contributed by atoms with Crippen molar-refractivity contribution in [1.29, 1.82) is 0 Å². The van der Waals surface area contributed by atoms with Gasteiger partial charge in [0, 0.05) is 17.7 Å². The Labute approximate surface area is 117 Å². The van der Waals surface area contributed by atoms with Gasteiger partial charge in [0.05, 0.1) is 16.4 Å². The molecule has 0 saturated heterocycles. The highest BCUT2D eigenvalue weighted by Gasteiger charge is 2.23. The van der Waals surface area contributed by atoms with E-state index in [4.69, 9.17) is 5.11 Å². The van der Waals surface area contributed by atoms with Crippen LogP contribution < -0.4 is 4.72 Å². The molecule has 0 bridgehead atoms. The number of aliphatic hydroxyl groups is 1. The summed E-state index contributed by atoms with van der Waals surface area (Å²) in [5, 5.41) is 20.0. The fraction of sp³-hybridized carbons (Fsp3) is 0.500. The molecule has 0 aliphatic carbocycles. The molecule has 0 unspecified atom stereocenters. The van der Waals surface area contributed by atoms with Gasteiger partial charge in [0.1, 0.15) is 0 Å². The maximum absolute atomic E-state index is 12.2. The Morgan fingerprint density at radius 3 is 2.45 bits per heavy atom. The highest BCUT2D eigenvalue weighted by atomic mass is 32.2. The highest BCUT2D eigenvalue weighted by Crippen LogP contribution is 2.25. The number of aryl methyl sites for hydroxylation is 1. The fourth-order valence-corrected chi connectivity index (χ4v) is 3.11. The molecule has 0 radical (unpaired) electrons. The van der Waals surface area contributed by atoms with E-state index in [1.807, 2.05) is 0 Å². The van der Waals surface area contributed by atoms with Crippen molar-refractivity contribution in [3.63, 3.8) is 0 Å². The van der Waals surface area contributed by atoms with Crippen molar-refractivity contribution in [2.24, 2.45) is 0 Å². The van der Waals surface area contributed by atoms with Crippen LogP contribution in [-0.4, -0.2) is 31.1 Å². The smallest absolute Gasteiger partial charge is 0.273 e. The number of sulfonamides is 1. The number of hydrogen-bond donors (Lipinski definition) is 2. The monoisotopic (exact) mass is 302 g/mol. The quantitative estimate of drug-likeness (QED) is 0.607. The molecule has 0 amide bonds. The molecule has 0 fully saturated rings. The first kappa shape index (κ1) is 16.5. The summed E-state index contributed by atoms with van der Waals surface area (Å²) in [5.74, 6) is 0. The summed E-state index contributed by atoms with van der Waals surface area (Å²) < 4.78 is 26.6. The molecule has 1 rings (SSSR count). The largest absolute Gasteiger partial charge is 0.395 e. The van der Waals surface area contributed by atoms with Gasteiger partial charge in [-0.1, -0.05) is 6.92 Å². The number of nitrogens with one attached hydrogen (secondary N) is 1. The minimum Gasteiger partial charge on any atom is -0.395 e. The van der Waals surface area contributed by atoms with E-state index >= 15 is 0 Å². The van der Waals surface area contributed by atoms with Crippen LogP contribution >= 0.6 is 0 Å². The molecule has 0 spiro atoms. The van der Waals surface area contributed by atoms with E-state index in [1.165, 1.54) is 6.07 Å². The van der Waals surface area contributed by atoms with Gasteiger partial charge in [-0.3, -0.25) is 10.1 Å². The van der Waals surface area contributed by atoms with Crippen LogP contribution in [0.5, 0.6) is 0 Å². The number of nitro groups is 1. The molecular weight excluding hydrogens is 284 g/mol. The van der Waals surface area contributed by atoms with Gasteiger partial charge in [-0.15, -0.1) is 0 Å². The van der Waals surface area contributed by atoms with Crippen molar-refractivity contribution < 1.29 is 18.4 Å². The molecule has 0 heterocycles. The van der Waals surface area contributed by atoms with Crippen LogP contribution in [-0.2, 0) is 10.0 Å². The van der Waals surface area contributed by atoms with Gasteiger partial charge in [-0.2, -0.15) is 0 Å². The van der Waals surface area contributed by atoms with Crippen LogP contribution in [0.1, 0.15) is 24.5 Å². The van der Waals surface area contributed by atoms with Crippen LogP contribution in [0.25, 0.3) is 0 Å². The molecule has 2 N–H and O–H groups in total. The third-order valence-electron chi connectivity index (χ3n) is 3.16. The Kier molecular flexibility index (Phi) is 5.21. The van der Waals surface area contributed by atoms with E-state index in [0.29, 0.717) is 17.5 Å². The van der Waals surface area contributed by atoms with Crippen LogP contribution in [0.4, 0.5) is 5.69 Å². The lowest BCUT2D eigenvalue weighted by Crippen LogP contribution is -2.36. The topological polar surface area (TPSA) is 110 Å². The first-order valence-electron chi connectivity index (χ1n) is 6.11. The Hall–Kier alpha value is -1.51. The third kappa shape index (κ3) is 3.53. The summed E-state index contributed by atoms with van der Waals surface area (Å²) in [5.41, 5.74) is 0.724. The summed E-state index contributed by atoms with van der Waals surface area (Å²) in [6, 6.07) is 1.81. The number of aliphatic hydroxyl groups excluding tert-OH is 1. The molecule has 7 nitrogen and oxygen atoms in total. The number of benzene rings is 1. The Bertz CT molecular complexity index is 609. The second-order valence-electron chi connectivity index (χ2n) is 4.55. The molecule has 1 aromatic carbocycles. The van der Waals surface area contributed by atoms with Gasteiger partial charge in [0.2, 0.25) is 10.0 Å². The summed E-state index contributed by atoms with van der Waals surface area (Å²) in [6.07, 6.45) is 0.419. The van der Waals surface area contributed by atoms with E-state index in [1.54, 1.807) is 20.8 Å². The van der Waals surface area contributed by atoms with E-state index < -0.39 is 21.0 Å². The summed E-state index contributed by atoms with van der Waals surface area (Å²) in [7, 11) is -3.89. The van der Waals surface area contributed by atoms with Crippen molar-refractivity contribution in [3.05, 3.63) is 33.4 Å². The zero-order valence-electron chi connectivity index (χ0n) is 11.6. The molecule has 0 saturated carbocycles. The summed E-state index contributed by atoms with van der Waals surface area (Å²) in [6.45, 7) is 4.58. The van der Waals surface area contributed by atoms with Crippen LogP contribution in [0, 0.1) is 24.0 Å². The lowest BCUT2D eigenvalue weighted by molar-refractivity contribution is -0.385. The maximum Gasteiger partial charge on any atom is 0.273 e. The lowest BCUT2D eigenvalue weighted by Gasteiger charge is -2.15. The predicted molar refractivity (Wildman–Crippen MR) is 74.1 cm³/mol. The third-order valence-corrected chi connectivity index (χ3v) is 4.66. The van der Waals surface area contributed by atoms with E-state index in [9.17, 15) is 18.5 Å². The second kappa shape index (κ2) is 6.29. The van der Waals surface area contributed by atoms with Crippen LogP contribution in [0.2, 0.25) is 0 Å². The van der Waals surface area contributed by atoms with Gasteiger partial charge in [0.15, 0.2) is 0 Å². The molecule has 0 aliphatic heterocycles. The minimum atomic E-state index is -3.89. The average molecular weight is 302 g/mol. The van der Waals surface area contributed by atoms with Crippen LogP contribution in [0.3, 0.4) is 0 Å². The zero-order valence-corrected chi connectivity index (χ0v) is 12.4. The Morgan fingerprint density at radius 2 is 2.00 bits per heavy atom. The number of rotatable bonds is 6. The SMILES string of the molecule is CC[C@@H](CO)NS(=O)(=O)c1cc(C)c(C)c([N+](=O)[O-])c1. The minimum absolute atomic E-state index is 0.167. The second-order valence-corrected chi connectivity index (χ2v) is 6.26.